The molecule has 1 aromatic carbocycles. The van der Waals surface area contributed by atoms with Crippen molar-refractivity contribution in [3.8, 4) is 5.75 Å². The van der Waals surface area contributed by atoms with Gasteiger partial charge in [-0.25, -0.2) is 4.79 Å². The zero-order chi connectivity index (χ0) is 17.4. The van der Waals surface area contributed by atoms with Crippen molar-refractivity contribution in [2.24, 2.45) is 0 Å². The number of hydrogen-bond donors (Lipinski definition) is 2. The highest BCUT2D eigenvalue weighted by atomic mass is 16.6. The molecule has 1 fully saturated rings. The van der Waals surface area contributed by atoms with E-state index in [-0.39, 0.29) is 11.6 Å². The highest BCUT2D eigenvalue weighted by Gasteiger charge is 2.39. The number of ether oxygens (including phenoxy) is 2. The molecule has 3 rings (SSSR count). The van der Waals surface area contributed by atoms with Crippen molar-refractivity contribution < 1.29 is 14.3 Å². The average molecular weight is 333 g/mol. The summed E-state index contributed by atoms with van der Waals surface area (Å²) in [6.07, 6.45) is 1.55. The van der Waals surface area contributed by atoms with Gasteiger partial charge in [0, 0.05) is 25.7 Å². The number of carbonyl (C=O) groups excluding carboxylic acids is 1. The van der Waals surface area contributed by atoms with Crippen molar-refractivity contribution in [1.82, 2.24) is 4.90 Å². The Morgan fingerprint density at radius 1 is 1.21 bits per heavy atom. The van der Waals surface area contributed by atoms with E-state index in [0.29, 0.717) is 13.1 Å². The van der Waals surface area contributed by atoms with E-state index in [9.17, 15) is 4.79 Å². The van der Waals surface area contributed by atoms with Crippen LogP contribution >= 0.6 is 0 Å². The second-order valence-corrected chi connectivity index (χ2v) is 7.64. The van der Waals surface area contributed by atoms with Crippen LogP contribution in [0.1, 0.15) is 33.6 Å². The Bertz CT molecular complexity index is 616. The van der Waals surface area contributed by atoms with Gasteiger partial charge in [0.15, 0.2) is 0 Å². The number of anilines is 2. The predicted molar refractivity (Wildman–Crippen MR) is 94.9 cm³/mol. The molecule has 0 aliphatic carbocycles. The Labute approximate surface area is 143 Å². The van der Waals surface area contributed by atoms with Crippen LogP contribution in [0.25, 0.3) is 0 Å². The molecule has 1 aromatic rings. The molecule has 0 bridgehead atoms. The van der Waals surface area contributed by atoms with Crippen LogP contribution in [0.4, 0.5) is 16.2 Å². The van der Waals surface area contributed by atoms with Crippen molar-refractivity contribution in [2.45, 2.75) is 44.8 Å². The molecule has 2 N–H and O–H groups in total. The van der Waals surface area contributed by atoms with Gasteiger partial charge in [0.25, 0.3) is 0 Å². The van der Waals surface area contributed by atoms with Gasteiger partial charge in [0.05, 0.1) is 24.0 Å². The molecule has 2 aliphatic rings. The quantitative estimate of drug-likeness (QED) is 0.825. The molecule has 0 unspecified atom stereocenters. The summed E-state index contributed by atoms with van der Waals surface area (Å²) < 4.78 is 10.8. The average Bonchev–Trinajstić information content (AvgIpc) is 2.53. The number of hydrogen-bond acceptors (Lipinski definition) is 5. The van der Waals surface area contributed by atoms with Gasteiger partial charge in [-0.2, -0.15) is 0 Å². The molecule has 2 aliphatic heterocycles. The number of piperidine rings is 1. The van der Waals surface area contributed by atoms with Crippen LogP contribution in [0.2, 0.25) is 0 Å². The number of rotatable bonds is 1. The molecule has 0 saturated carbocycles. The topological polar surface area (TPSA) is 62.8 Å². The lowest BCUT2D eigenvalue weighted by Gasteiger charge is -2.46. The fourth-order valence-corrected chi connectivity index (χ4v) is 3.25. The lowest BCUT2D eigenvalue weighted by Crippen LogP contribution is -2.56. The minimum Gasteiger partial charge on any atom is -0.497 e. The van der Waals surface area contributed by atoms with E-state index in [0.717, 1.165) is 36.5 Å². The first-order valence-electron chi connectivity index (χ1n) is 8.48. The Hall–Kier alpha value is -2.11. The first-order chi connectivity index (χ1) is 11.3. The molecular weight excluding hydrogens is 306 g/mol. The number of methoxy groups -OCH3 is 1. The Morgan fingerprint density at radius 3 is 2.54 bits per heavy atom. The molecule has 132 valence electrons. The number of fused-ring (bicyclic) bond motifs is 1. The maximum atomic E-state index is 12.2. The van der Waals surface area contributed by atoms with Crippen LogP contribution in [0.3, 0.4) is 0 Å². The summed E-state index contributed by atoms with van der Waals surface area (Å²) in [6.45, 7) is 7.94. The fraction of sp³-hybridized carbons (Fsp3) is 0.611. The summed E-state index contributed by atoms with van der Waals surface area (Å²) in [4.78, 5) is 14.0. The summed E-state index contributed by atoms with van der Waals surface area (Å²) in [6, 6.07) is 6.00. The fourth-order valence-electron chi connectivity index (χ4n) is 3.25. The highest BCUT2D eigenvalue weighted by molar-refractivity contribution is 5.74. The van der Waals surface area contributed by atoms with E-state index in [2.05, 4.69) is 10.6 Å². The number of carbonyl (C=O) groups is 1. The van der Waals surface area contributed by atoms with Crippen molar-refractivity contribution in [1.29, 1.82) is 0 Å². The van der Waals surface area contributed by atoms with E-state index in [1.807, 2.05) is 39.0 Å². The number of nitrogens with zero attached hydrogens (tertiary/aromatic N) is 1. The maximum absolute atomic E-state index is 12.2. The van der Waals surface area contributed by atoms with Gasteiger partial charge in [-0.15, -0.1) is 0 Å². The number of amides is 1. The van der Waals surface area contributed by atoms with E-state index in [1.165, 1.54) is 0 Å². The van der Waals surface area contributed by atoms with Gasteiger partial charge in [0.1, 0.15) is 11.4 Å². The van der Waals surface area contributed by atoms with Crippen LogP contribution in [0.15, 0.2) is 18.2 Å². The van der Waals surface area contributed by atoms with E-state index >= 15 is 0 Å². The third-order valence-corrected chi connectivity index (χ3v) is 4.62. The SMILES string of the molecule is COc1ccc2c(c1)NC1(CCN(C(=O)OC(C)(C)C)CC1)CN2. The van der Waals surface area contributed by atoms with Crippen LogP contribution in [0.5, 0.6) is 5.75 Å². The molecule has 24 heavy (non-hydrogen) atoms. The normalized spacial score (nSPS) is 19.1. The maximum Gasteiger partial charge on any atom is 0.410 e. The van der Waals surface area contributed by atoms with Crippen LogP contribution in [-0.4, -0.2) is 48.9 Å². The molecular formula is C18H27N3O3. The lowest BCUT2D eigenvalue weighted by atomic mass is 9.85. The van der Waals surface area contributed by atoms with Gasteiger partial charge in [0.2, 0.25) is 0 Å². The zero-order valence-electron chi connectivity index (χ0n) is 14.9. The summed E-state index contributed by atoms with van der Waals surface area (Å²) >= 11 is 0. The molecule has 1 spiro atoms. The Balaban J connectivity index is 1.64. The number of nitrogens with one attached hydrogen (secondary N) is 2. The number of benzene rings is 1. The second kappa shape index (κ2) is 6.07. The van der Waals surface area contributed by atoms with Gasteiger partial charge >= 0.3 is 6.09 Å². The van der Waals surface area contributed by atoms with Gasteiger partial charge in [-0.3, -0.25) is 0 Å². The van der Waals surface area contributed by atoms with Crippen molar-refractivity contribution in [3.05, 3.63) is 18.2 Å². The third kappa shape index (κ3) is 3.52. The first-order valence-corrected chi connectivity index (χ1v) is 8.48. The Kier molecular flexibility index (Phi) is 4.24. The summed E-state index contributed by atoms with van der Waals surface area (Å²) in [5.74, 6) is 0.839. The predicted octanol–water partition coefficient (Wildman–Crippen LogP) is 3.30. The van der Waals surface area contributed by atoms with Gasteiger partial charge in [-0.1, -0.05) is 0 Å². The molecule has 0 atom stereocenters. The summed E-state index contributed by atoms with van der Waals surface area (Å²) in [5.41, 5.74) is 1.67. The van der Waals surface area contributed by atoms with Crippen molar-refractivity contribution in [2.75, 3.05) is 37.4 Å². The second-order valence-electron chi connectivity index (χ2n) is 7.64. The van der Waals surface area contributed by atoms with Gasteiger partial charge in [-0.05, 0) is 45.7 Å². The summed E-state index contributed by atoms with van der Waals surface area (Å²) in [7, 11) is 1.67. The largest absolute Gasteiger partial charge is 0.497 e. The zero-order valence-corrected chi connectivity index (χ0v) is 14.9. The Morgan fingerprint density at radius 2 is 1.92 bits per heavy atom. The smallest absolute Gasteiger partial charge is 0.410 e. The highest BCUT2D eigenvalue weighted by Crippen LogP contribution is 2.37. The molecule has 1 amide bonds. The molecule has 0 aromatic heterocycles. The minimum absolute atomic E-state index is 0.0299. The molecule has 6 heteroatoms. The molecule has 2 heterocycles. The monoisotopic (exact) mass is 333 g/mol. The van der Waals surface area contributed by atoms with Gasteiger partial charge < -0.3 is 25.0 Å². The lowest BCUT2D eigenvalue weighted by molar-refractivity contribution is 0.0181. The van der Waals surface area contributed by atoms with Crippen LogP contribution in [-0.2, 0) is 4.74 Å². The molecule has 0 radical (unpaired) electrons. The van der Waals surface area contributed by atoms with E-state index in [4.69, 9.17) is 9.47 Å². The molecule has 6 nitrogen and oxygen atoms in total. The standard InChI is InChI=1S/C18H27N3O3/c1-17(2,3)24-16(22)21-9-7-18(8-10-21)12-19-14-6-5-13(23-4)11-15(14)20-18/h5-6,11,19-20H,7-10,12H2,1-4H3. The number of likely N-dealkylation sites (tertiary alicyclic amines) is 1. The van der Waals surface area contributed by atoms with Crippen molar-refractivity contribution in [3.63, 3.8) is 0 Å². The van der Waals surface area contributed by atoms with Crippen molar-refractivity contribution >= 4 is 17.5 Å². The molecule has 1 saturated heterocycles. The van der Waals surface area contributed by atoms with Crippen LogP contribution < -0.4 is 15.4 Å². The van der Waals surface area contributed by atoms with E-state index in [1.54, 1.807) is 12.0 Å². The minimum atomic E-state index is -0.452. The summed E-state index contributed by atoms with van der Waals surface area (Å²) in [5, 5.41) is 7.18. The third-order valence-electron chi connectivity index (χ3n) is 4.62. The van der Waals surface area contributed by atoms with E-state index < -0.39 is 5.60 Å². The van der Waals surface area contributed by atoms with Crippen LogP contribution in [0, 0.1) is 0 Å². The first kappa shape index (κ1) is 16.7.